The molecule has 0 fully saturated rings. The molecule has 2 aromatic carbocycles. The van der Waals surface area contributed by atoms with Gasteiger partial charge in [-0.05, 0) is 53.8 Å². The van der Waals surface area contributed by atoms with E-state index in [0.717, 1.165) is 35.4 Å². The molecule has 0 aliphatic carbocycles. The van der Waals surface area contributed by atoms with Gasteiger partial charge in [-0.15, -0.1) is 0 Å². The van der Waals surface area contributed by atoms with Crippen LogP contribution in [0, 0.1) is 0 Å². The van der Waals surface area contributed by atoms with E-state index >= 15 is 0 Å². The molecule has 1 aliphatic heterocycles. The fourth-order valence-electron chi connectivity index (χ4n) is 3.82. The van der Waals surface area contributed by atoms with Crippen molar-refractivity contribution in [2.45, 2.75) is 19.5 Å². The normalized spacial score (nSPS) is 14.3. The second-order valence-corrected chi connectivity index (χ2v) is 7.64. The highest BCUT2D eigenvalue weighted by molar-refractivity contribution is 6.30. The lowest BCUT2D eigenvalue weighted by Crippen LogP contribution is -2.35. The highest BCUT2D eigenvalue weighted by atomic mass is 35.5. The van der Waals surface area contributed by atoms with Crippen LogP contribution in [0.1, 0.15) is 16.8 Å². The third-order valence-electron chi connectivity index (χ3n) is 5.30. The van der Waals surface area contributed by atoms with E-state index in [4.69, 9.17) is 16.6 Å². The van der Waals surface area contributed by atoms with Crippen molar-refractivity contribution < 1.29 is 0 Å². The minimum absolute atomic E-state index is 0.0394. The minimum atomic E-state index is -0.0394. The van der Waals surface area contributed by atoms with Crippen LogP contribution in [-0.4, -0.2) is 26.4 Å². The standard InChI is InChI=1S/C22H19ClN4O/c23-17-5-3-16(4-6-17)21-25-20-13-27(10-8-18(20)22(28)26-21)12-14-1-2-15-7-9-24-19(15)11-14/h1-7,9,11,24H,8,10,12-13H2,(H,25,26,28). The molecule has 1 aliphatic rings. The lowest BCUT2D eigenvalue weighted by atomic mass is 10.0. The molecule has 2 aromatic heterocycles. The Hall–Kier alpha value is -2.89. The molecule has 6 heteroatoms. The number of aromatic amines is 2. The molecule has 4 aromatic rings. The van der Waals surface area contributed by atoms with Gasteiger partial charge >= 0.3 is 0 Å². The molecule has 0 saturated heterocycles. The van der Waals surface area contributed by atoms with Gasteiger partial charge in [-0.25, -0.2) is 4.98 Å². The summed E-state index contributed by atoms with van der Waals surface area (Å²) in [7, 11) is 0. The van der Waals surface area contributed by atoms with Crippen molar-refractivity contribution >= 4 is 22.5 Å². The first-order valence-electron chi connectivity index (χ1n) is 9.32. The van der Waals surface area contributed by atoms with Gasteiger partial charge in [-0.3, -0.25) is 9.69 Å². The van der Waals surface area contributed by atoms with Gasteiger partial charge in [-0.1, -0.05) is 23.7 Å². The van der Waals surface area contributed by atoms with Crippen molar-refractivity contribution in [1.29, 1.82) is 0 Å². The Labute approximate surface area is 167 Å². The van der Waals surface area contributed by atoms with Crippen LogP contribution in [0.4, 0.5) is 0 Å². The van der Waals surface area contributed by atoms with Crippen molar-refractivity contribution in [2.75, 3.05) is 6.54 Å². The van der Waals surface area contributed by atoms with E-state index in [2.05, 4.69) is 39.1 Å². The summed E-state index contributed by atoms with van der Waals surface area (Å²) in [5, 5.41) is 1.88. The van der Waals surface area contributed by atoms with E-state index in [0.29, 0.717) is 23.8 Å². The Morgan fingerprint density at radius 1 is 1.11 bits per heavy atom. The highest BCUT2D eigenvalue weighted by Crippen LogP contribution is 2.22. The van der Waals surface area contributed by atoms with E-state index < -0.39 is 0 Å². The molecule has 140 valence electrons. The minimum Gasteiger partial charge on any atom is -0.361 e. The zero-order valence-corrected chi connectivity index (χ0v) is 16.0. The molecule has 0 atom stereocenters. The summed E-state index contributed by atoms with van der Waals surface area (Å²) in [5.41, 5.74) is 4.88. The number of benzene rings is 2. The maximum Gasteiger partial charge on any atom is 0.254 e. The van der Waals surface area contributed by atoms with E-state index in [-0.39, 0.29) is 5.56 Å². The Balaban J connectivity index is 1.42. The van der Waals surface area contributed by atoms with Crippen LogP contribution >= 0.6 is 11.6 Å². The summed E-state index contributed by atoms with van der Waals surface area (Å²) in [6.07, 6.45) is 2.67. The first kappa shape index (κ1) is 17.2. The lowest BCUT2D eigenvalue weighted by molar-refractivity contribution is 0.240. The highest BCUT2D eigenvalue weighted by Gasteiger charge is 2.21. The second-order valence-electron chi connectivity index (χ2n) is 7.21. The molecule has 0 bridgehead atoms. The van der Waals surface area contributed by atoms with Gasteiger partial charge in [0, 0.05) is 47.5 Å². The Morgan fingerprint density at radius 2 is 1.96 bits per heavy atom. The van der Waals surface area contributed by atoms with Gasteiger partial charge < -0.3 is 9.97 Å². The smallest absolute Gasteiger partial charge is 0.254 e. The zero-order valence-electron chi connectivity index (χ0n) is 15.2. The SMILES string of the molecule is O=c1[nH]c(-c2ccc(Cl)cc2)nc2c1CCN(Cc1ccc3cc[nH]c3c1)C2. The van der Waals surface area contributed by atoms with Gasteiger partial charge in [0.05, 0.1) is 5.69 Å². The largest absolute Gasteiger partial charge is 0.361 e. The molecule has 0 unspecified atom stereocenters. The average Bonchev–Trinajstić information content (AvgIpc) is 3.16. The summed E-state index contributed by atoms with van der Waals surface area (Å²) in [6, 6.07) is 15.9. The zero-order chi connectivity index (χ0) is 19.1. The molecule has 0 radical (unpaired) electrons. The topological polar surface area (TPSA) is 64.8 Å². The van der Waals surface area contributed by atoms with E-state index in [1.807, 2.05) is 18.3 Å². The van der Waals surface area contributed by atoms with Crippen LogP contribution < -0.4 is 5.56 Å². The first-order valence-corrected chi connectivity index (χ1v) is 9.70. The molecule has 2 N–H and O–H groups in total. The van der Waals surface area contributed by atoms with Crippen LogP contribution in [0.2, 0.25) is 5.02 Å². The number of rotatable bonds is 3. The number of hydrogen-bond acceptors (Lipinski definition) is 3. The molecule has 0 spiro atoms. The molecular formula is C22H19ClN4O. The summed E-state index contributed by atoms with van der Waals surface area (Å²) in [5.74, 6) is 0.593. The lowest BCUT2D eigenvalue weighted by Gasteiger charge is -2.27. The maximum atomic E-state index is 12.6. The molecular weight excluding hydrogens is 372 g/mol. The van der Waals surface area contributed by atoms with Crippen molar-refractivity contribution in [3.63, 3.8) is 0 Å². The second kappa shape index (κ2) is 6.93. The van der Waals surface area contributed by atoms with E-state index in [1.165, 1.54) is 10.9 Å². The number of H-pyrrole nitrogens is 2. The van der Waals surface area contributed by atoms with Gasteiger partial charge in [0.1, 0.15) is 5.82 Å². The van der Waals surface area contributed by atoms with Crippen molar-refractivity contribution in [3.8, 4) is 11.4 Å². The van der Waals surface area contributed by atoms with Crippen molar-refractivity contribution in [2.24, 2.45) is 0 Å². The Bertz CT molecular complexity index is 1210. The molecule has 5 nitrogen and oxygen atoms in total. The van der Waals surface area contributed by atoms with Crippen LogP contribution in [0.3, 0.4) is 0 Å². The van der Waals surface area contributed by atoms with Gasteiger partial charge in [0.25, 0.3) is 5.56 Å². The van der Waals surface area contributed by atoms with Crippen molar-refractivity contribution in [3.05, 3.63) is 86.9 Å². The van der Waals surface area contributed by atoms with Crippen LogP contribution in [0.15, 0.2) is 59.5 Å². The molecule has 28 heavy (non-hydrogen) atoms. The number of nitrogens with zero attached hydrogens (tertiary/aromatic N) is 2. The van der Waals surface area contributed by atoms with Crippen LogP contribution in [0.5, 0.6) is 0 Å². The number of nitrogens with one attached hydrogen (secondary N) is 2. The Kier molecular flexibility index (Phi) is 4.26. The van der Waals surface area contributed by atoms with Gasteiger partial charge in [-0.2, -0.15) is 0 Å². The average molecular weight is 391 g/mol. The summed E-state index contributed by atoms with van der Waals surface area (Å²) < 4.78 is 0. The van der Waals surface area contributed by atoms with Crippen molar-refractivity contribution in [1.82, 2.24) is 19.9 Å². The number of hydrogen-bond donors (Lipinski definition) is 2. The van der Waals surface area contributed by atoms with E-state index in [9.17, 15) is 4.79 Å². The van der Waals surface area contributed by atoms with Crippen LogP contribution in [-0.2, 0) is 19.5 Å². The molecule has 3 heterocycles. The predicted octanol–water partition coefficient (Wildman–Crippen LogP) is 4.13. The fourth-order valence-corrected chi connectivity index (χ4v) is 3.95. The quantitative estimate of drug-likeness (QED) is 0.552. The van der Waals surface area contributed by atoms with E-state index in [1.54, 1.807) is 12.1 Å². The third-order valence-corrected chi connectivity index (χ3v) is 5.55. The Morgan fingerprint density at radius 3 is 2.82 bits per heavy atom. The third kappa shape index (κ3) is 3.23. The summed E-state index contributed by atoms with van der Waals surface area (Å²) in [4.78, 5) is 25.8. The molecule has 0 amide bonds. The summed E-state index contributed by atoms with van der Waals surface area (Å²) >= 11 is 5.97. The monoisotopic (exact) mass is 390 g/mol. The number of fused-ring (bicyclic) bond motifs is 2. The van der Waals surface area contributed by atoms with Gasteiger partial charge in [0.2, 0.25) is 0 Å². The van der Waals surface area contributed by atoms with Crippen LogP contribution in [0.25, 0.3) is 22.3 Å². The fraction of sp³-hybridized carbons (Fsp3) is 0.182. The maximum absolute atomic E-state index is 12.6. The molecule has 0 saturated carbocycles. The van der Waals surface area contributed by atoms with Gasteiger partial charge in [0.15, 0.2) is 0 Å². The summed E-state index contributed by atoms with van der Waals surface area (Å²) in [6.45, 7) is 2.35. The number of halogens is 1. The first-order chi connectivity index (χ1) is 13.7. The predicted molar refractivity (Wildman–Crippen MR) is 111 cm³/mol. The molecule has 5 rings (SSSR count). The number of aromatic nitrogens is 3.